The first kappa shape index (κ1) is 20.7. The van der Waals surface area contributed by atoms with E-state index in [1.807, 2.05) is 19.9 Å². The maximum Gasteiger partial charge on any atom is 0.246 e. The van der Waals surface area contributed by atoms with Crippen molar-refractivity contribution in [2.45, 2.75) is 37.6 Å². The Bertz CT molecular complexity index is 652. The summed E-state index contributed by atoms with van der Waals surface area (Å²) < 4.78 is 33.3. The van der Waals surface area contributed by atoms with E-state index in [4.69, 9.17) is 10.5 Å². The molecule has 1 unspecified atom stereocenters. The fourth-order valence-corrected chi connectivity index (χ4v) is 4.42. The van der Waals surface area contributed by atoms with E-state index in [1.165, 1.54) is 4.31 Å². The van der Waals surface area contributed by atoms with Gasteiger partial charge in [0, 0.05) is 36.1 Å². The largest absolute Gasteiger partial charge is 0.492 e. The summed E-state index contributed by atoms with van der Waals surface area (Å²) in [6, 6.07) is 3.51. The highest BCUT2D eigenvalue weighted by atomic mass is 79.9. The molecule has 0 spiro atoms. The lowest BCUT2D eigenvalue weighted by molar-refractivity contribution is 0.346. The van der Waals surface area contributed by atoms with Crippen molar-refractivity contribution in [2.24, 2.45) is 11.7 Å². The molecule has 2 N–H and O–H groups in total. The van der Waals surface area contributed by atoms with Crippen LogP contribution in [0, 0.1) is 5.92 Å². The van der Waals surface area contributed by atoms with Gasteiger partial charge in [-0.25, -0.2) is 12.7 Å². The molecule has 1 aromatic carbocycles. The van der Waals surface area contributed by atoms with Gasteiger partial charge in [-0.2, -0.15) is 0 Å². The Morgan fingerprint density at radius 3 is 2.65 bits per heavy atom. The molecule has 1 aromatic rings. The predicted octanol–water partition coefficient (Wildman–Crippen LogP) is 2.80. The van der Waals surface area contributed by atoms with Crippen molar-refractivity contribution in [1.82, 2.24) is 4.31 Å². The third-order valence-corrected chi connectivity index (χ3v) is 6.36. The average molecular weight is 428 g/mol. The smallest absolute Gasteiger partial charge is 0.246 e. The number of fused-ring (bicyclic) bond motifs is 1. The van der Waals surface area contributed by atoms with Gasteiger partial charge in [0.15, 0.2) is 0 Å². The number of ether oxygens (including phenoxy) is 1. The van der Waals surface area contributed by atoms with Crippen molar-refractivity contribution < 1.29 is 13.2 Å². The van der Waals surface area contributed by atoms with Gasteiger partial charge in [0.25, 0.3) is 0 Å². The van der Waals surface area contributed by atoms with Gasteiger partial charge in [-0.15, -0.1) is 12.4 Å². The van der Waals surface area contributed by atoms with E-state index in [2.05, 4.69) is 15.9 Å². The molecular weight excluding hydrogens is 404 g/mol. The van der Waals surface area contributed by atoms with Crippen LogP contribution in [0.5, 0.6) is 5.75 Å². The molecule has 132 valence electrons. The Morgan fingerprint density at radius 2 is 2.04 bits per heavy atom. The number of rotatable bonds is 6. The topological polar surface area (TPSA) is 72.6 Å². The summed E-state index contributed by atoms with van der Waals surface area (Å²) in [6.07, 6.45) is 1.36. The van der Waals surface area contributed by atoms with E-state index in [1.54, 1.807) is 13.1 Å². The number of nitrogens with zero attached hydrogens (tertiary/aromatic N) is 1. The molecule has 0 fully saturated rings. The molecule has 8 heteroatoms. The van der Waals surface area contributed by atoms with Crippen LogP contribution in [-0.2, 0) is 16.4 Å². The molecule has 1 heterocycles. The number of benzene rings is 1. The summed E-state index contributed by atoms with van der Waals surface area (Å²) in [4.78, 5) is 0.231. The highest BCUT2D eigenvalue weighted by Crippen LogP contribution is 2.37. The molecule has 0 bridgehead atoms. The monoisotopic (exact) mass is 426 g/mol. The molecular formula is C15H24BrClN2O3S. The fraction of sp³-hybridized carbons (Fsp3) is 0.600. The lowest BCUT2D eigenvalue weighted by Gasteiger charge is -2.22. The second-order valence-corrected chi connectivity index (χ2v) is 8.94. The van der Waals surface area contributed by atoms with Crippen LogP contribution < -0.4 is 10.5 Å². The van der Waals surface area contributed by atoms with Crippen molar-refractivity contribution >= 4 is 38.4 Å². The molecule has 23 heavy (non-hydrogen) atoms. The Morgan fingerprint density at radius 1 is 1.39 bits per heavy atom. The summed E-state index contributed by atoms with van der Waals surface area (Å²) in [7, 11) is -2.00. The standard InChI is InChI=1S/C15H23BrN2O3S.ClH/c1-10(2)13(17)4-6-18(3)22(19,20)14-9-12(16)8-11-5-7-21-15(11)14;/h8-10,13H,4-7,17H2,1-3H3;1H. The highest BCUT2D eigenvalue weighted by Gasteiger charge is 2.29. The maximum atomic E-state index is 12.8. The van der Waals surface area contributed by atoms with Crippen LogP contribution in [0.1, 0.15) is 25.8 Å². The average Bonchev–Trinajstić information content (AvgIpc) is 2.90. The Balaban J connectivity index is 0.00000264. The first-order chi connectivity index (χ1) is 10.2. The first-order valence-corrected chi connectivity index (χ1v) is 9.64. The summed E-state index contributed by atoms with van der Waals surface area (Å²) in [6.45, 7) is 4.99. The summed E-state index contributed by atoms with van der Waals surface area (Å²) in [5.41, 5.74) is 6.94. The number of hydrogen-bond acceptors (Lipinski definition) is 4. The molecule has 1 atom stereocenters. The minimum absolute atomic E-state index is 0. The number of sulfonamides is 1. The Hall–Kier alpha value is -0.340. The second-order valence-electron chi connectivity index (χ2n) is 6.01. The van der Waals surface area contributed by atoms with Crippen LogP contribution >= 0.6 is 28.3 Å². The number of hydrogen-bond donors (Lipinski definition) is 1. The van der Waals surface area contributed by atoms with Gasteiger partial charge in [-0.3, -0.25) is 0 Å². The molecule has 0 aromatic heterocycles. The summed E-state index contributed by atoms with van der Waals surface area (Å²) >= 11 is 3.38. The Kier molecular flexibility index (Phi) is 7.35. The van der Waals surface area contributed by atoms with Crippen LogP contribution in [0.3, 0.4) is 0 Å². The second kappa shape index (κ2) is 8.16. The molecule has 0 aliphatic carbocycles. The van der Waals surface area contributed by atoms with Crippen LogP contribution in [0.25, 0.3) is 0 Å². The van der Waals surface area contributed by atoms with Gasteiger partial charge < -0.3 is 10.5 Å². The van der Waals surface area contributed by atoms with Crippen LogP contribution in [0.15, 0.2) is 21.5 Å². The maximum absolute atomic E-state index is 12.8. The zero-order chi connectivity index (χ0) is 16.5. The molecule has 0 saturated carbocycles. The first-order valence-electron chi connectivity index (χ1n) is 7.40. The van der Waals surface area contributed by atoms with Gasteiger partial charge >= 0.3 is 0 Å². The molecule has 1 aliphatic rings. The van der Waals surface area contributed by atoms with E-state index in [-0.39, 0.29) is 23.3 Å². The van der Waals surface area contributed by atoms with Gasteiger partial charge in [-0.05, 0) is 24.5 Å². The van der Waals surface area contributed by atoms with Crippen molar-refractivity contribution in [3.05, 3.63) is 22.2 Å². The summed E-state index contributed by atoms with van der Waals surface area (Å²) in [5.74, 6) is 0.817. The lowest BCUT2D eigenvalue weighted by Crippen LogP contribution is -2.34. The van der Waals surface area contributed by atoms with E-state index in [0.29, 0.717) is 31.2 Å². The Labute approximate surface area is 153 Å². The molecule has 0 amide bonds. The molecule has 2 rings (SSSR count). The normalized spacial score (nSPS) is 15.3. The van der Waals surface area contributed by atoms with Crippen LogP contribution in [0.4, 0.5) is 0 Å². The van der Waals surface area contributed by atoms with Gasteiger partial charge in [0.05, 0.1) is 6.61 Å². The van der Waals surface area contributed by atoms with Crippen LogP contribution in [0.2, 0.25) is 0 Å². The minimum Gasteiger partial charge on any atom is -0.492 e. The van der Waals surface area contributed by atoms with Crippen molar-refractivity contribution in [2.75, 3.05) is 20.2 Å². The zero-order valence-electron chi connectivity index (χ0n) is 13.6. The number of halogens is 2. The SMILES string of the molecule is CC(C)C(N)CCN(C)S(=O)(=O)c1cc(Br)cc2c1OCC2.Cl. The van der Waals surface area contributed by atoms with E-state index < -0.39 is 10.0 Å². The molecule has 0 radical (unpaired) electrons. The fourth-order valence-electron chi connectivity index (χ4n) is 2.38. The van der Waals surface area contributed by atoms with Gasteiger partial charge in [0.1, 0.15) is 10.6 Å². The summed E-state index contributed by atoms with van der Waals surface area (Å²) in [5, 5.41) is 0. The van der Waals surface area contributed by atoms with Crippen LogP contribution in [-0.4, -0.2) is 39.0 Å². The van der Waals surface area contributed by atoms with E-state index in [9.17, 15) is 8.42 Å². The van der Waals surface area contributed by atoms with Gasteiger partial charge in [-0.1, -0.05) is 29.8 Å². The molecule has 1 aliphatic heterocycles. The third-order valence-electron chi connectivity index (χ3n) is 4.04. The predicted molar refractivity (Wildman–Crippen MR) is 97.8 cm³/mol. The van der Waals surface area contributed by atoms with Crippen molar-refractivity contribution in [3.63, 3.8) is 0 Å². The number of nitrogens with two attached hydrogens (primary N) is 1. The minimum atomic E-state index is -3.59. The van der Waals surface area contributed by atoms with E-state index >= 15 is 0 Å². The third kappa shape index (κ3) is 4.60. The van der Waals surface area contributed by atoms with Crippen molar-refractivity contribution in [3.8, 4) is 5.75 Å². The lowest BCUT2D eigenvalue weighted by atomic mass is 10.0. The highest BCUT2D eigenvalue weighted by molar-refractivity contribution is 9.10. The van der Waals surface area contributed by atoms with E-state index in [0.717, 1.165) is 16.5 Å². The molecule has 0 saturated heterocycles. The van der Waals surface area contributed by atoms with Gasteiger partial charge in [0.2, 0.25) is 10.0 Å². The quantitative estimate of drug-likeness (QED) is 0.757. The zero-order valence-corrected chi connectivity index (χ0v) is 16.8. The van der Waals surface area contributed by atoms with Crippen molar-refractivity contribution in [1.29, 1.82) is 0 Å². The molecule has 5 nitrogen and oxygen atoms in total.